The van der Waals surface area contributed by atoms with E-state index in [2.05, 4.69) is 19.1 Å². The summed E-state index contributed by atoms with van der Waals surface area (Å²) >= 11 is 0. The van der Waals surface area contributed by atoms with Crippen LogP contribution in [0.5, 0.6) is 11.5 Å². The average molecular weight is 229 g/mol. The van der Waals surface area contributed by atoms with Gasteiger partial charge in [0.05, 0.1) is 0 Å². The lowest BCUT2D eigenvalue weighted by Crippen LogP contribution is -2.23. The van der Waals surface area contributed by atoms with Gasteiger partial charge in [0.15, 0.2) is 12.4 Å². The molecule has 0 amide bonds. The van der Waals surface area contributed by atoms with Gasteiger partial charge < -0.3 is 9.94 Å². The first-order valence-electron chi connectivity index (χ1n) is 5.51. The Labute approximate surface area is 101 Å². The molecule has 0 spiro atoms. The van der Waals surface area contributed by atoms with Crippen molar-refractivity contribution in [2.24, 2.45) is 0 Å². The molecule has 88 valence electrons. The summed E-state index contributed by atoms with van der Waals surface area (Å²) in [4.78, 5) is 0. The van der Waals surface area contributed by atoms with E-state index in [1.807, 2.05) is 13.8 Å². The molecule has 1 aromatic heterocycles. The van der Waals surface area contributed by atoms with Crippen LogP contribution in [0.3, 0.4) is 0 Å². The number of ether oxygens (including phenoxy) is 1. The molecule has 1 heterocycles. The van der Waals surface area contributed by atoms with Gasteiger partial charge in [0.1, 0.15) is 11.5 Å². The Kier molecular flexibility index (Phi) is 3.00. The molecule has 3 heteroatoms. The highest BCUT2D eigenvalue weighted by molar-refractivity contribution is 5.45. The van der Waals surface area contributed by atoms with Crippen molar-refractivity contribution < 1.29 is 9.47 Å². The van der Waals surface area contributed by atoms with Crippen LogP contribution in [0.15, 0.2) is 36.7 Å². The molecule has 0 N–H and O–H groups in total. The highest BCUT2D eigenvalue weighted by Crippen LogP contribution is 2.29. The Balaban J connectivity index is 2.33. The Bertz CT molecular complexity index is 509. The third-order valence-electron chi connectivity index (χ3n) is 2.60. The van der Waals surface area contributed by atoms with E-state index in [1.54, 1.807) is 12.1 Å². The maximum absolute atomic E-state index is 10.9. The second kappa shape index (κ2) is 4.45. The van der Waals surface area contributed by atoms with E-state index >= 15 is 0 Å². The van der Waals surface area contributed by atoms with Crippen LogP contribution >= 0.6 is 0 Å². The molecule has 0 fully saturated rings. The summed E-state index contributed by atoms with van der Waals surface area (Å²) in [6.45, 7) is 6.10. The fourth-order valence-corrected chi connectivity index (χ4v) is 1.91. The minimum Gasteiger partial charge on any atom is -0.619 e. The van der Waals surface area contributed by atoms with Gasteiger partial charge in [-0.2, -0.15) is 4.73 Å². The van der Waals surface area contributed by atoms with Crippen molar-refractivity contribution in [3.05, 3.63) is 58.6 Å². The first-order chi connectivity index (χ1) is 8.06. The molecule has 17 heavy (non-hydrogen) atoms. The van der Waals surface area contributed by atoms with Crippen LogP contribution < -0.4 is 9.47 Å². The quantitative estimate of drug-likeness (QED) is 0.586. The van der Waals surface area contributed by atoms with E-state index < -0.39 is 0 Å². The number of pyridine rings is 1. The second-order valence-corrected chi connectivity index (χ2v) is 4.22. The van der Waals surface area contributed by atoms with Crippen LogP contribution in [0.2, 0.25) is 0 Å². The molecule has 0 aliphatic rings. The fourth-order valence-electron chi connectivity index (χ4n) is 1.91. The van der Waals surface area contributed by atoms with Crippen molar-refractivity contribution in [3.8, 4) is 11.5 Å². The fraction of sp³-hybridized carbons (Fsp3) is 0.214. The predicted octanol–water partition coefficient (Wildman–Crippen LogP) is 3.04. The summed E-state index contributed by atoms with van der Waals surface area (Å²) in [6.07, 6.45) is 2.85. The molecular weight excluding hydrogens is 214 g/mol. The van der Waals surface area contributed by atoms with E-state index in [-0.39, 0.29) is 0 Å². The van der Waals surface area contributed by atoms with E-state index in [1.165, 1.54) is 18.0 Å². The largest absolute Gasteiger partial charge is 0.619 e. The number of nitrogens with zero attached hydrogens (tertiary/aromatic N) is 1. The number of hydrogen-bond acceptors (Lipinski definition) is 2. The minimum absolute atomic E-state index is 0.673. The van der Waals surface area contributed by atoms with Gasteiger partial charge in [0.2, 0.25) is 0 Å². The van der Waals surface area contributed by atoms with Crippen molar-refractivity contribution in [2.75, 3.05) is 0 Å². The van der Waals surface area contributed by atoms with Crippen LogP contribution in [0.1, 0.15) is 16.7 Å². The van der Waals surface area contributed by atoms with Crippen LogP contribution in [0.25, 0.3) is 0 Å². The highest BCUT2D eigenvalue weighted by atomic mass is 16.5. The van der Waals surface area contributed by atoms with Gasteiger partial charge in [-0.05, 0) is 31.9 Å². The molecule has 1 aromatic carbocycles. The summed E-state index contributed by atoms with van der Waals surface area (Å²) in [5, 5.41) is 10.9. The van der Waals surface area contributed by atoms with Crippen LogP contribution in [-0.2, 0) is 0 Å². The Morgan fingerprint density at radius 3 is 2.06 bits per heavy atom. The molecule has 0 atom stereocenters. The van der Waals surface area contributed by atoms with Crippen molar-refractivity contribution in [1.29, 1.82) is 0 Å². The first-order valence-corrected chi connectivity index (χ1v) is 5.51. The van der Waals surface area contributed by atoms with Crippen molar-refractivity contribution in [2.45, 2.75) is 20.8 Å². The SMILES string of the molecule is Cc1cc(C)c(Oc2cc[n+]([O-])cc2)c(C)c1. The summed E-state index contributed by atoms with van der Waals surface area (Å²) in [5.41, 5.74) is 3.42. The van der Waals surface area contributed by atoms with Crippen molar-refractivity contribution in [1.82, 2.24) is 0 Å². The molecule has 0 aliphatic carbocycles. The lowest BCUT2D eigenvalue weighted by molar-refractivity contribution is -0.605. The zero-order valence-corrected chi connectivity index (χ0v) is 10.2. The summed E-state index contributed by atoms with van der Waals surface area (Å²) in [5.74, 6) is 1.53. The molecular formula is C14H15NO2. The molecule has 0 aliphatic heterocycles. The van der Waals surface area contributed by atoms with E-state index in [0.717, 1.165) is 21.6 Å². The molecule has 2 rings (SSSR count). The maximum Gasteiger partial charge on any atom is 0.184 e. The van der Waals surface area contributed by atoms with Crippen molar-refractivity contribution >= 4 is 0 Å². The molecule has 0 unspecified atom stereocenters. The smallest absolute Gasteiger partial charge is 0.184 e. The van der Waals surface area contributed by atoms with Crippen LogP contribution in [0.4, 0.5) is 0 Å². The summed E-state index contributed by atoms with van der Waals surface area (Å²) < 4.78 is 6.54. The number of aromatic nitrogens is 1. The Morgan fingerprint density at radius 2 is 1.53 bits per heavy atom. The number of benzene rings is 1. The van der Waals surface area contributed by atoms with Gasteiger partial charge in [-0.25, -0.2) is 0 Å². The summed E-state index contributed by atoms with van der Waals surface area (Å²) in [6, 6.07) is 7.48. The second-order valence-electron chi connectivity index (χ2n) is 4.22. The number of rotatable bonds is 2. The molecule has 2 aromatic rings. The number of hydrogen-bond donors (Lipinski definition) is 0. The van der Waals surface area contributed by atoms with E-state index in [4.69, 9.17) is 4.74 Å². The normalized spacial score (nSPS) is 10.3. The molecule has 0 radical (unpaired) electrons. The van der Waals surface area contributed by atoms with Crippen LogP contribution in [0, 0.1) is 26.0 Å². The maximum atomic E-state index is 10.9. The van der Waals surface area contributed by atoms with Gasteiger partial charge in [0.25, 0.3) is 0 Å². The standard InChI is InChI=1S/C14H15NO2/c1-10-8-11(2)14(12(3)9-10)17-13-4-6-15(16)7-5-13/h4-9H,1-3H3. The third-order valence-corrected chi connectivity index (χ3v) is 2.60. The van der Waals surface area contributed by atoms with Gasteiger partial charge in [0, 0.05) is 12.1 Å². The third kappa shape index (κ3) is 2.56. The Morgan fingerprint density at radius 1 is 1.00 bits per heavy atom. The molecule has 0 saturated carbocycles. The first kappa shape index (κ1) is 11.5. The molecule has 0 bridgehead atoms. The minimum atomic E-state index is 0.673. The zero-order valence-electron chi connectivity index (χ0n) is 10.2. The van der Waals surface area contributed by atoms with Gasteiger partial charge >= 0.3 is 0 Å². The van der Waals surface area contributed by atoms with E-state index in [0.29, 0.717) is 5.75 Å². The lowest BCUT2D eigenvalue weighted by Gasteiger charge is -2.12. The van der Waals surface area contributed by atoms with Gasteiger partial charge in [-0.1, -0.05) is 17.7 Å². The number of aryl methyl sites for hydroxylation is 3. The zero-order chi connectivity index (χ0) is 12.4. The highest BCUT2D eigenvalue weighted by Gasteiger charge is 2.06. The Hall–Kier alpha value is -2.03. The molecule has 3 nitrogen and oxygen atoms in total. The lowest BCUT2D eigenvalue weighted by atomic mass is 10.1. The molecule has 0 saturated heterocycles. The topological polar surface area (TPSA) is 36.2 Å². The predicted molar refractivity (Wildman–Crippen MR) is 66.1 cm³/mol. The van der Waals surface area contributed by atoms with Gasteiger partial charge in [-0.3, -0.25) is 0 Å². The summed E-state index contributed by atoms with van der Waals surface area (Å²) in [7, 11) is 0. The van der Waals surface area contributed by atoms with Crippen LogP contribution in [-0.4, -0.2) is 0 Å². The van der Waals surface area contributed by atoms with Crippen molar-refractivity contribution in [3.63, 3.8) is 0 Å². The van der Waals surface area contributed by atoms with E-state index in [9.17, 15) is 5.21 Å². The monoisotopic (exact) mass is 229 g/mol. The average Bonchev–Trinajstić information content (AvgIpc) is 2.26. The van der Waals surface area contributed by atoms with Gasteiger partial charge in [-0.15, -0.1) is 0 Å².